The van der Waals surface area contributed by atoms with Crippen LogP contribution in [0.25, 0.3) is 31.9 Å². The third-order valence-corrected chi connectivity index (χ3v) is 10.9. The van der Waals surface area contributed by atoms with Crippen LogP contribution in [0.4, 0.5) is 11.4 Å². The number of phenols is 1. The molecule has 6 aromatic rings. The first-order valence-corrected chi connectivity index (χ1v) is 17.3. The predicted molar refractivity (Wildman–Crippen MR) is 196 cm³/mol. The minimum atomic E-state index is -0.264. The maximum atomic E-state index is 13.9. The molecular formula is C36H35Cl2N5O4S. The number of hydrogen-bond donors (Lipinski definition) is 4. The van der Waals surface area contributed by atoms with Crippen molar-refractivity contribution in [3.8, 4) is 11.5 Å². The van der Waals surface area contributed by atoms with Crippen molar-refractivity contribution in [2.24, 2.45) is 0 Å². The van der Waals surface area contributed by atoms with E-state index >= 15 is 0 Å². The Morgan fingerprint density at radius 2 is 1.75 bits per heavy atom. The van der Waals surface area contributed by atoms with E-state index in [1.165, 1.54) is 24.2 Å². The summed E-state index contributed by atoms with van der Waals surface area (Å²) in [5, 5.41) is 18.5. The number of amides is 2. The van der Waals surface area contributed by atoms with E-state index < -0.39 is 0 Å². The predicted octanol–water partition coefficient (Wildman–Crippen LogP) is 8.01. The molecule has 3 aromatic heterocycles. The lowest BCUT2D eigenvalue weighted by Gasteiger charge is -2.17. The number of fused-ring (bicyclic) bond motifs is 5. The average Bonchev–Trinajstić information content (AvgIpc) is 3.90. The Bertz CT molecular complexity index is 2180. The highest BCUT2D eigenvalue weighted by Gasteiger charge is 2.36. The smallest absolute Gasteiger partial charge is 0.274 e. The number of carbonyl (C=O) groups excluding carboxylic acids is 2. The highest BCUT2D eigenvalue weighted by Crippen LogP contribution is 2.48. The molecule has 4 N–H and O–H groups in total. The first kappa shape index (κ1) is 32.3. The standard InChI is InChI=1S/C36H34ClN5O4S.ClH/c1-20-19-47-34-31(43)16-30-33(32(20)34)23(17-37)18-42(30)36(45)29-15-21-12-24(4-6-26(21)40-29)38-35(44)28-14-22-13-25(5-7-27(22)39-28)46-11-10-41-8-2-3-9-41;/h4-7,12-16,19,23,39-40,43H,2-3,8-11,17-18H2,1H3,(H,38,44);1H/t23-;/m1./s1. The zero-order valence-corrected chi connectivity index (χ0v) is 28.7. The van der Waals surface area contributed by atoms with Crippen LogP contribution in [0.15, 0.2) is 60.0 Å². The molecular weight excluding hydrogens is 669 g/mol. The third kappa shape index (κ3) is 5.77. The quantitative estimate of drug-likeness (QED) is 0.120. The lowest BCUT2D eigenvalue weighted by molar-refractivity contribution is 0.0982. The van der Waals surface area contributed by atoms with Crippen molar-refractivity contribution < 1.29 is 19.4 Å². The maximum Gasteiger partial charge on any atom is 0.274 e. The summed E-state index contributed by atoms with van der Waals surface area (Å²) in [7, 11) is 0. The van der Waals surface area contributed by atoms with Crippen LogP contribution in [-0.4, -0.2) is 70.5 Å². The largest absolute Gasteiger partial charge is 0.506 e. The van der Waals surface area contributed by atoms with Crippen LogP contribution < -0.4 is 15.0 Å². The normalized spacial score (nSPS) is 16.1. The Morgan fingerprint density at radius 1 is 1.02 bits per heavy atom. The number of halogens is 2. The summed E-state index contributed by atoms with van der Waals surface area (Å²) in [6.45, 7) is 6.29. The van der Waals surface area contributed by atoms with Gasteiger partial charge in [0, 0.05) is 63.8 Å². The van der Waals surface area contributed by atoms with Crippen molar-refractivity contribution in [3.05, 3.63) is 82.5 Å². The molecule has 1 fully saturated rings. The number of aromatic nitrogens is 2. The zero-order chi connectivity index (χ0) is 32.2. The number of rotatable bonds is 8. The van der Waals surface area contributed by atoms with Gasteiger partial charge in [0.2, 0.25) is 0 Å². The number of phenolic OH excluding ortho intramolecular Hbond substituents is 1. The van der Waals surface area contributed by atoms with E-state index in [4.69, 9.17) is 16.3 Å². The average molecular weight is 705 g/mol. The molecule has 3 aromatic carbocycles. The van der Waals surface area contributed by atoms with E-state index in [0.29, 0.717) is 41.8 Å². The van der Waals surface area contributed by atoms with E-state index in [1.54, 1.807) is 17.0 Å². The van der Waals surface area contributed by atoms with E-state index in [-0.39, 0.29) is 35.9 Å². The van der Waals surface area contributed by atoms with Crippen LogP contribution in [0.3, 0.4) is 0 Å². The molecule has 0 spiro atoms. The van der Waals surface area contributed by atoms with Crippen molar-refractivity contribution in [2.75, 3.05) is 48.9 Å². The number of alkyl halides is 1. The highest BCUT2D eigenvalue weighted by atomic mass is 35.5. The summed E-state index contributed by atoms with van der Waals surface area (Å²) >= 11 is 7.90. The summed E-state index contributed by atoms with van der Waals surface area (Å²) in [6.07, 6.45) is 2.52. The maximum absolute atomic E-state index is 13.9. The number of aromatic amines is 2. The summed E-state index contributed by atoms with van der Waals surface area (Å²) in [5.74, 6) is 0.809. The molecule has 0 radical (unpaired) electrons. The van der Waals surface area contributed by atoms with Gasteiger partial charge >= 0.3 is 0 Å². The number of thiophene rings is 1. The Kier molecular flexibility index (Phi) is 8.76. The minimum Gasteiger partial charge on any atom is -0.506 e. The number of carbonyl (C=O) groups is 2. The van der Waals surface area contributed by atoms with Gasteiger partial charge in [0.05, 0.1) is 10.4 Å². The molecule has 2 amide bonds. The number of benzene rings is 3. The van der Waals surface area contributed by atoms with Gasteiger partial charge in [0.15, 0.2) is 0 Å². The summed E-state index contributed by atoms with van der Waals surface area (Å²) in [4.78, 5) is 37.7. The third-order valence-electron chi connectivity index (χ3n) is 9.38. The second-order valence-electron chi connectivity index (χ2n) is 12.5. The number of nitrogens with one attached hydrogen (secondary N) is 3. The van der Waals surface area contributed by atoms with Gasteiger partial charge in [0.25, 0.3) is 11.8 Å². The van der Waals surface area contributed by atoms with Crippen LogP contribution >= 0.6 is 35.3 Å². The Balaban J connectivity index is 0.00000364. The van der Waals surface area contributed by atoms with Crippen molar-refractivity contribution in [1.29, 1.82) is 0 Å². The zero-order valence-electron chi connectivity index (χ0n) is 26.3. The highest BCUT2D eigenvalue weighted by molar-refractivity contribution is 7.17. The molecule has 48 heavy (non-hydrogen) atoms. The Hall–Kier alpha value is -4.22. The fourth-order valence-corrected chi connectivity index (χ4v) is 8.26. The van der Waals surface area contributed by atoms with Crippen molar-refractivity contribution in [1.82, 2.24) is 14.9 Å². The number of aryl methyl sites for hydroxylation is 1. The fraction of sp³-hybridized carbons (Fsp3) is 0.278. The molecule has 1 atom stereocenters. The van der Waals surface area contributed by atoms with Gasteiger partial charge < -0.3 is 30.0 Å². The van der Waals surface area contributed by atoms with Crippen molar-refractivity contribution in [3.63, 3.8) is 0 Å². The molecule has 0 aliphatic carbocycles. The molecule has 1 saturated heterocycles. The van der Waals surface area contributed by atoms with Gasteiger partial charge in [-0.2, -0.15) is 0 Å². The molecule has 9 nitrogen and oxygen atoms in total. The molecule has 0 unspecified atom stereocenters. The molecule has 2 aliphatic heterocycles. The Morgan fingerprint density at radius 3 is 2.54 bits per heavy atom. The number of nitrogens with zero attached hydrogens (tertiary/aromatic N) is 2. The number of aromatic hydroxyl groups is 1. The van der Waals surface area contributed by atoms with Crippen LogP contribution in [0.1, 0.15) is 50.9 Å². The van der Waals surface area contributed by atoms with Gasteiger partial charge in [-0.25, -0.2) is 0 Å². The molecule has 12 heteroatoms. The Labute approximate surface area is 292 Å². The SMILES string of the molecule is Cc1csc2c(O)cc3c(c12)[C@H](CCl)CN3C(=O)c1cc2cc(NC(=O)c3cc4cc(OCCN5CCCC5)ccc4[nH]3)ccc2[nH]1.Cl. The first-order chi connectivity index (χ1) is 22.9. The van der Waals surface area contributed by atoms with Gasteiger partial charge in [-0.15, -0.1) is 35.3 Å². The number of ether oxygens (including phenoxy) is 1. The second-order valence-corrected chi connectivity index (χ2v) is 13.7. The number of likely N-dealkylation sites (tertiary alicyclic amines) is 1. The van der Waals surface area contributed by atoms with Crippen molar-refractivity contribution in [2.45, 2.75) is 25.7 Å². The van der Waals surface area contributed by atoms with Crippen LogP contribution in [0.2, 0.25) is 0 Å². The molecule has 0 saturated carbocycles. The topological polar surface area (TPSA) is 114 Å². The number of H-pyrrole nitrogens is 2. The van der Waals surface area contributed by atoms with E-state index in [0.717, 1.165) is 68.4 Å². The van der Waals surface area contributed by atoms with E-state index in [9.17, 15) is 14.7 Å². The number of hydrogen-bond acceptors (Lipinski definition) is 6. The molecule has 2 aliphatic rings. The number of anilines is 2. The summed E-state index contributed by atoms with van der Waals surface area (Å²) in [5.41, 5.74) is 5.87. The monoisotopic (exact) mass is 703 g/mol. The van der Waals surface area contributed by atoms with Gasteiger partial charge in [-0.3, -0.25) is 14.5 Å². The van der Waals surface area contributed by atoms with Crippen LogP contribution in [0.5, 0.6) is 11.5 Å². The van der Waals surface area contributed by atoms with E-state index in [2.05, 4.69) is 20.2 Å². The molecule has 5 heterocycles. The van der Waals surface area contributed by atoms with Gasteiger partial charge in [-0.1, -0.05) is 0 Å². The van der Waals surface area contributed by atoms with Gasteiger partial charge in [-0.05, 0) is 97.9 Å². The lowest BCUT2D eigenvalue weighted by atomic mass is 9.97. The molecule has 8 rings (SSSR count). The summed E-state index contributed by atoms with van der Waals surface area (Å²) < 4.78 is 6.80. The van der Waals surface area contributed by atoms with Crippen LogP contribution in [0, 0.1) is 6.92 Å². The fourth-order valence-electron chi connectivity index (χ4n) is 7.02. The molecule has 248 valence electrons. The van der Waals surface area contributed by atoms with Crippen molar-refractivity contribution >= 4 is 90.4 Å². The van der Waals surface area contributed by atoms with Gasteiger partial charge in [0.1, 0.15) is 29.5 Å². The minimum absolute atomic E-state index is 0. The van der Waals surface area contributed by atoms with E-state index in [1.807, 2.05) is 54.8 Å². The summed E-state index contributed by atoms with van der Waals surface area (Å²) in [6, 6.07) is 16.6. The second kappa shape index (κ2) is 13.0. The molecule has 0 bridgehead atoms. The van der Waals surface area contributed by atoms with Crippen LogP contribution in [-0.2, 0) is 0 Å². The lowest BCUT2D eigenvalue weighted by Crippen LogP contribution is -2.30. The first-order valence-electron chi connectivity index (χ1n) is 15.9.